The molecule has 3 aromatic carbocycles. The molecule has 1 aromatic heterocycles. The van der Waals surface area contributed by atoms with Crippen molar-refractivity contribution < 1.29 is 4.79 Å². The Balaban J connectivity index is 1.82. The molecule has 0 spiro atoms. The van der Waals surface area contributed by atoms with Crippen molar-refractivity contribution in [2.24, 2.45) is 0 Å². The van der Waals surface area contributed by atoms with Crippen LogP contribution in [0.3, 0.4) is 0 Å². The van der Waals surface area contributed by atoms with Gasteiger partial charge in [0.2, 0.25) is 0 Å². The molecular formula is C23H16N2O. The molecule has 0 fully saturated rings. The molecule has 0 saturated carbocycles. The quantitative estimate of drug-likeness (QED) is 0.503. The molecular weight excluding hydrogens is 320 g/mol. The smallest absolute Gasteiger partial charge is 0.195 e. The number of nitrogens with zero attached hydrogens (tertiary/aromatic N) is 2. The van der Waals surface area contributed by atoms with Gasteiger partial charge in [0.15, 0.2) is 5.78 Å². The minimum atomic E-state index is 0.00844. The maximum atomic E-state index is 13.0. The van der Waals surface area contributed by atoms with Crippen LogP contribution in [-0.4, -0.2) is 10.4 Å². The van der Waals surface area contributed by atoms with Crippen LogP contribution in [0.1, 0.15) is 27.0 Å². The zero-order valence-electron chi connectivity index (χ0n) is 14.1. The zero-order chi connectivity index (χ0) is 17.9. The average Bonchev–Trinajstić information content (AvgIpc) is 3.07. The lowest BCUT2D eigenvalue weighted by molar-refractivity contribution is 0.104. The van der Waals surface area contributed by atoms with E-state index in [4.69, 9.17) is 0 Å². The Morgan fingerprint density at radius 2 is 1.58 bits per heavy atom. The fourth-order valence-electron chi connectivity index (χ4n) is 3.25. The van der Waals surface area contributed by atoms with Gasteiger partial charge in [-0.2, -0.15) is 5.26 Å². The maximum absolute atomic E-state index is 13.0. The molecule has 4 rings (SSSR count). The Bertz CT molecular complexity index is 1130. The number of rotatable bonds is 4. The third kappa shape index (κ3) is 2.78. The van der Waals surface area contributed by atoms with Gasteiger partial charge in [0, 0.05) is 34.8 Å². The first-order valence-electron chi connectivity index (χ1n) is 8.43. The van der Waals surface area contributed by atoms with Crippen molar-refractivity contribution >= 4 is 16.7 Å². The van der Waals surface area contributed by atoms with Crippen LogP contribution in [0.2, 0.25) is 0 Å². The second kappa shape index (κ2) is 6.70. The molecule has 1 heterocycles. The van der Waals surface area contributed by atoms with Gasteiger partial charge in [-0.15, -0.1) is 0 Å². The molecule has 3 heteroatoms. The summed E-state index contributed by atoms with van der Waals surface area (Å²) in [7, 11) is 0. The topological polar surface area (TPSA) is 45.8 Å². The second-order valence-electron chi connectivity index (χ2n) is 6.15. The molecule has 0 N–H and O–H groups in total. The number of aromatic nitrogens is 1. The number of hydrogen-bond acceptors (Lipinski definition) is 2. The third-order valence-corrected chi connectivity index (χ3v) is 4.55. The summed E-state index contributed by atoms with van der Waals surface area (Å²) < 4.78 is 2.04. The van der Waals surface area contributed by atoms with E-state index in [1.807, 2.05) is 89.6 Å². The van der Waals surface area contributed by atoms with Gasteiger partial charge in [-0.05, 0) is 17.7 Å². The molecule has 0 radical (unpaired) electrons. The summed E-state index contributed by atoms with van der Waals surface area (Å²) in [5.74, 6) is 0.00844. The summed E-state index contributed by atoms with van der Waals surface area (Å²) in [5, 5.41) is 10.3. The number of para-hydroxylation sites is 1. The number of ketones is 1. The fraction of sp³-hybridized carbons (Fsp3) is 0.0435. The number of fused-ring (bicyclic) bond motifs is 1. The molecule has 0 bridgehead atoms. The molecule has 124 valence electrons. The highest BCUT2D eigenvalue weighted by Crippen LogP contribution is 2.25. The van der Waals surface area contributed by atoms with Gasteiger partial charge in [0.1, 0.15) is 0 Å². The highest BCUT2D eigenvalue weighted by atomic mass is 16.1. The first-order valence-corrected chi connectivity index (χ1v) is 8.43. The number of hydrogen-bond donors (Lipinski definition) is 0. The molecule has 0 atom stereocenters. The lowest BCUT2D eigenvalue weighted by Gasteiger charge is -2.07. The van der Waals surface area contributed by atoms with Crippen molar-refractivity contribution in [2.45, 2.75) is 6.54 Å². The molecule has 4 aromatic rings. The van der Waals surface area contributed by atoms with Crippen LogP contribution in [0, 0.1) is 11.3 Å². The Kier molecular flexibility index (Phi) is 4.09. The Morgan fingerprint density at radius 3 is 2.38 bits per heavy atom. The van der Waals surface area contributed by atoms with E-state index in [9.17, 15) is 10.1 Å². The predicted octanol–water partition coefficient (Wildman–Crippen LogP) is 4.79. The van der Waals surface area contributed by atoms with E-state index < -0.39 is 0 Å². The first kappa shape index (κ1) is 15.9. The van der Waals surface area contributed by atoms with Crippen LogP contribution in [-0.2, 0) is 6.54 Å². The van der Waals surface area contributed by atoms with Gasteiger partial charge >= 0.3 is 0 Å². The minimum Gasteiger partial charge on any atom is -0.342 e. The first-order chi connectivity index (χ1) is 12.8. The van der Waals surface area contributed by atoms with E-state index in [0.717, 1.165) is 16.5 Å². The largest absolute Gasteiger partial charge is 0.342 e. The summed E-state index contributed by atoms with van der Waals surface area (Å²) in [4.78, 5) is 13.0. The molecule has 0 amide bonds. The van der Waals surface area contributed by atoms with Gasteiger partial charge in [-0.3, -0.25) is 4.79 Å². The van der Waals surface area contributed by atoms with Gasteiger partial charge < -0.3 is 4.57 Å². The highest BCUT2D eigenvalue weighted by molar-refractivity contribution is 6.16. The monoisotopic (exact) mass is 336 g/mol. The normalized spacial score (nSPS) is 10.6. The maximum Gasteiger partial charge on any atom is 0.195 e. The summed E-state index contributed by atoms with van der Waals surface area (Å²) in [6, 6.07) is 27.0. The van der Waals surface area contributed by atoms with Crippen molar-refractivity contribution in [1.82, 2.24) is 4.57 Å². The predicted molar refractivity (Wildman–Crippen MR) is 102 cm³/mol. The van der Waals surface area contributed by atoms with E-state index >= 15 is 0 Å². The lowest BCUT2D eigenvalue weighted by Crippen LogP contribution is -2.02. The summed E-state index contributed by atoms with van der Waals surface area (Å²) in [6.07, 6.45) is 1.90. The van der Waals surface area contributed by atoms with Crippen molar-refractivity contribution in [3.05, 3.63) is 107 Å². The van der Waals surface area contributed by atoms with Gasteiger partial charge in [-0.25, -0.2) is 0 Å². The molecule has 0 saturated heterocycles. The van der Waals surface area contributed by atoms with Gasteiger partial charge in [0.05, 0.1) is 11.6 Å². The fourth-order valence-corrected chi connectivity index (χ4v) is 3.25. The Hall–Kier alpha value is -3.64. The van der Waals surface area contributed by atoms with Crippen molar-refractivity contribution in [2.75, 3.05) is 0 Å². The van der Waals surface area contributed by atoms with Crippen LogP contribution in [0.15, 0.2) is 85.1 Å². The Morgan fingerprint density at radius 1 is 0.885 bits per heavy atom. The van der Waals surface area contributed by atoms with Gasteiger partial charge in [0.25, 0.3) is 0 Å². The van der Waals surface area contributed by atoms with E-state index in [0.29, 0.717) is 23.2 Å². The van der Waals surface area contributed by atoms with Crippen LogP contribution < -0.4 is 0 Å². The number of carbonyl (C=O) groups is 1. The van der Waals surface area contributed by atoms with E-state index in [1.54, 1.807) is 0 Å². The summed E-state index contributed by atoms with van der Waals surface area (Å²) in [5.41, 5.74) is 3.93. The Labute approximate surface area is 151 Å². The SMILES string of the molecule is N#Cc1ccccc1Cn1cc(C(=O)c2ccccc2)c2ccccc21. The molecule has 0 aliphatic rings. The van der Waals surface area contributed by atoms with Crippen LogP contribution in [0.25, 0.3) is 10.9 Å². The van der Waals surface area contributed by atoms with Crippen LogP contribution in [0.4, 0.5) is 0 Å². The van der Waals surface area contributed by atoms with Gasteiger partial charge in [-0.1, -0.05) is 66.7 Å². The molecule has 0 aliphatic carbocycles. The number of carbonyl (C=O) groups excluding carboxylic acids is 1. The molecule has 0 aliphatic heterocycles. The third-order valence-electron chi connectivity index (χ3n) is 4.55. The molecule has 26 heavy (non-hydrogen) atoms. The highest BCUT2D eigenvalue weighted by Gasteiger charge is 2.17. The zero-order valence-corrected chi connectivity index (χ0v) is 14.1. The summed E-state index contributed by atoms with van der Waals surface area (Å²) >= 11 is 0. The van der Waals surface area contributed by atoms with E-state index in [2.05, 4.69) is 6.07 Å². The lowest BCUT2D eigenvalue weighted by atomic mass is 10.0. The minimum absolute atomic E-state index is 0.00844. The summed E-state index contributed by atoms with van der Waals surface area (Å²) in [6.45, 7) is 0.548. The number of benzene rings is 3. The van der Waals surface area contributed by atoms with Crippen molar-refractivity contribution in [3.8, 4) is 6.07 Å². The molecule has 0 unspecified atom stereocenters. The van der Waals surface area contributed by atoms with E-state index in [-0.39, 0.29) is 5.78 Å². The van der Waals surface area contributed by atoms with Crippen molar-refractivity contribution in [1.29, 1.82) is 5.26 Å². The molecule has 3 nitrogen and oxygen atoms in total. The average molecular weight is 336 g/mol. The van der Waals surface area contributed by atoms with Crippen molar-refractivity contribution in [3.63, 3.8) is 0 Å². The van der Waals surface area contributed by atoms with Crippen LogP contribution in [0.5, 0.6) is 0 Å². The number of nitriles is 1. The second-order valence-corrected chi connectivity index (χ2v) is 6.15. The van der Waals surface area contributed by atoms with Crippen LogP contribution >= 0.6 is 0 Å². The standard InChI is InChI=1S/C23H16N2O/c24-14-18-10-4-5-11-19(18)15-25-16-21(20-12-6-7-13-22(20)25)23(26)17-8-2-1-3-9-17/h1-13,16H,15H2. The van der Waals surface area contributed by atoms with E-state index in [1.165, 1.54) is 0 Å².